The molecule has 36 heteroatoms. The van der Waals surface area contributed by atoms with Crippen LogP contribution in [-0.2, 0) is 61.0 Å². The van der Waals surface area contributed by atoms with Crippen LogP contribution in [0, 0.1) is 35.9 Å². The van der Waals surface area contributed by atoms with E-state index >= 15 is 0 Å². The van der Waals surface area contributed by atoms with Crippen LogP contribution >= 0.6 is 11.6 Å². The Morgan fingerprint density at radius 1 is 0.469 bits per heavy atom. The third kappa shape index (κ3) is 20.1. The molecule has 0 unspecified atom stereocenters. The van der Waals surface area contributed by atoms with E-state index in [9.17, 15) is 50.2 Å². The van der Waals surface area contributed by atoms with Gasteiger partial charge in [-0.2, -0.15) is 0 Å². The summed E-state index contributed by atoms with van der Waals surface area (Å²) in [5, 5.41) is 75.2. The third-order valence-corrected chi connectivity index (χ3v) is 18.3. The van der Waals surface area contributed by atoms with Gasteiger partial charge in [0, 0.05) is 122 Å². The highest BCUT2D eigenvalue weighted by molar-refractivity contribution is 6.28. The summed E-state index contributed by atoms with van der Waals surface area (Å²) in [5.74, 6) is 6.36. The minimum absolute atomic E-state index is 0.0173. The van der Waals surface area contributed by atoms with Crippen LogP contribution < -0.4 is 79.8 Å². The van der Waals surface area contributed by atoms with Crippen molar-refractivity contribution in [2.45, 2.75) is 72.1 Å². The molecule has 8 aliphatic heterocycles. The van der Waals surface area contributed by atoms with Gasteiger partial charge in [0.15, 0.2) is 5.78 Å². The molecule has 0 saturated heterocycles. The average Bonchev–Trinajstić information content (AvgIpc) is 1.78. The SMILES string of the molecule is CC(=O)Nc1cc2c(cc1[N+](=O)[O-])OCC2.CC(=O)Nc1ccc2c(c1)CCO2.CC(=O)c1ccc2c(c1)CCO2.CN(C)CCNc1nc2cc3c(cc2[n+]([O-])n1)OCC3.Nc1cc2c(cc1[N+](=O)[O-])OCC2.Nc1nc2cc3c(cc2[n+]([O-])n1)OCC3.[O-][n+]1nc(Cl)nc2cc3c(cc21)OCC3.c1ccc2c(c1)CCO2. The molecule has 0 bridgehead atoms. The van der Waals surface area contributed by atoms with E-state index in [0.29, 0.717) is 111 Å². The Labute approximate surface area is 649 Å². The summed E-state index contributed by atoms with van der Waals surface area (Å²) in [4.78, 5) is 68.9. The summed E-state index contributed by atoms with van der Waals surface area (Å²) >= 11 is 5.60. The number of ether oxygens (including phenoxy) is 8. The van der Waals surface area contributed by atoms with Gasteiger partial charge in [-0.1, -0.05) is 18.2 Å². The van der Waals surface area contributed by atoms with Crippen LogP contribution in [0.4, 0.5) is 40.3 Å². The zero-order valence-corrected chi connectivity index (χ0v) is 62.8. The fourth-order valence-electron chi connectivity index (χ4n) is 12.7. The van der Waals surface area contributed by atoms with Crippen molar-refractivity contribution in [2.75, 3.05) is 107 Å². The maximum Gasteiger partial charge on any atom is 0.296 e. The van der Waals surface area contributed by atoms with Crippen LogP contribution in [0.2, 0.25) is 5.28 Å². The highest BCUT2D eigenvalue weighted by Crippen LogP contribution is 2.38. The lowest BCUT2D eigenvalue weighted by molar-refractivity contribution is -0.643. The number of nitrogen functional groups attached to an aromatic ring is 2. The second-order valence-corrected chi connectivity index (χ2v) is 26.8. The molecule has 0 saturated carbocycles. The minimum Gasteiger partial charge on any atom is -0.594 e. The molecular weight excluding hydrogens is 1490 g/mol. The van der Waals surface area contributed by atoms with Gasteiger partial charge < -0.3 is 85.8 Å². The fourth-order valence-corrected chi connectivity index (χ4v) is 12.8. The number of ketones is 1. The number of Topliss-reactive ketones (excluding diaryl/α,β-unsaturated/α-hetero) is 1. The average molecular weight is 1570 g/mol. The Balaban J connectivity index is 0.000000121. The lowest BCUT2D eigenvalue weighted by atomic mass is 10.1. The molecule has 0 atom stereocenters. The van der Waals surface area contributed by atoms with Crippen LogP contribution in [0.15, 0.2) is 121 Å². The van der Waals surface area contributed by atoms with Gasteiger partial charge in [0.1, 0.15) is 73.9 Å². The summed E-state index contributed by atoms with van der Waals surface area (Å²) in [7, 11) is 3.97. The second kappa shape index (κ2) is 35.9. The van der Waals surface area contributed by atoms with Crippen molar-refractivity contribution in [2.24, 2.45) is 0 Å². The predicted octanol–water partition coefficient (Wildman–Crippen LogP) is 8.43. The number of amides is 2. The van der Waals surface area contributed by atoms with Crippen molar-refractivity contribution in [1.29, 1.82) is 0 Å². The number of carbonyl (C=O) groups excluding carboxylic acids is 3. The van der Waals surface area contributed by atoms with E-state index in [1.807, 2.05) is 91.8 Å². The van der Waals surface area contributed by atoms with E-state index in [1.54, 1.807) is 37.3 Å². The Morgan fingerprint density at radius 2 is 0.885 bits per heavy atom. The Kier molecular flexibility index (Phi) is 25.1. The van der Waals surface area contributed by atoms with Crippen molar-refractivity contribution in [1.82, 2.24) is 35.1 Å². The smallest absolute Gasteiger partial charge is 0.296 e. The molecule has 7 N–H and O–H groups in total. The van der Waals surface area contributed by atoms with Gasteiger partial charge in [0.05, 0.1) is 103 Å². The molecule has 113 heavy (non-hydrogen) atoms. The molecule has 0 spiro atoms. The number of hydrogen-bond donors (Lipinski definition) is 5. The molecule has 2 amide bonds. The molecule has 11 aromatic rings. The van der Waals surface area contributed by atoms with Crippen LogP contribution in [0.25, 0.3) is 33.1 Å². The molecule has 0 aliphatic carbocycles. The van der Waals surface area contributed by atoms with Crippen LogP contribution in [0.3, 0.4) is 0 Å². The maximum atomic E-state index is 12.0. The normalized spacial score (nSPS) is 13.6. The molecule has 586 valence electrons. The Hall–Kier alpha value is -13.6. The standard InChI is InChI=1S/C13H17N5O2.C10H10N2O4.C10H11NO2.C10H10O2.C9H6ClN3O2.C9H8N4O2.C8H8N2O3.C8H8O/c1-17(2)5-4-14-13-15-10-7-9-3-6-20-12(9)8-11(10)18(19)16-13;1-6(13)11-8-4-7-2-3-16-10(7)5-9(8)12(14)15;1-7(12)11-9-2-3-10-8(6-9)4-5-13-10;1-7(11)8-2-3-10-9(6-8)4-5-12-10;2*10-9-11-6-3-5-1-2-15-8(5)4-7(6)13(14)12-9;9-6-3-5-1-2-13-8(5)4-7(6)10(11)12;1-2-4-8-7(3-1)5-6-9-8/h7-8H,3-6H2,1-2H3,(H,14,15,16);4-5H,2-3H2,1H3,(H,11,13);2-3,6H,4-5H2,1H3,(H,11,12);2-3,6H,4-5H2,1H3;3-4H,1-2H2;3-4H,1-2H2,(H2,10,11,12);3-4H,1-2,9H2;1-4H,5-6H2. The van der Waals surface area contributed by atoms with Gasteiger partial charge in [0.2, 0.25) is 11.8 Å². The van der Waals surface area contributed by atoms with Gasteiger partial charge in [-0.25, -0.2) is 15.0 Å². The molecule has 19 rings (SSSR count). The van der Waals surface area contributed by atoms with E-state index < -0.39 is 9.85 Å². The summed E-state index contributed by atoms with van der Waals surface area (Å²) in [5.41, 5.74) is 24.4. The van der Waals surface area contributed by atoms with Crippen molar-refractivity contribution in [3.63, 3.8) is 0 Å². The third-order valence-electron chi connectivity index (χ3n) is 18.1. The first kappa shape index (κ1) is 79.0. The van der Waals surface area contributed by atoms with Crippen molar-refractivity contribution >= 4 is 103 Å². The molecule has 0 radical (unpaired) electrons. The molecule has 8 aliphatic rings. The van der Waals surface area contributed by atoms with Gasteiger partial charge in [-0.05, 0) is 137 Å². The van der Waals surface area contributed by atoms with E-state index in [0.717, 1.165) is 150 Å². The first-order valence-electron chi connectivity index (χ1n) is 35.8. The number of hydrogen-bond acceptors (Lipinski definition) is 28. The molecular formula is C77H78ClN17O18. The van der Waals surface area contributed by atoms with Gasteiger partial charge in [-0.15, -0.1) is 0 Å². The zero-order chi connectivity index (χ0) is 80.0. The topological polar surface area (TPSA) is 461 Å². The summed E-state index contributed by atoms with van der Waals surface area (Å²) < 4.78 is 42.5. The number of likely N-dealkylation sites (N-methyl/N-ethyl adjacent to an activating group) is 1. The Morgan fingerprint density at radius 3 is 1.39 bits per heavy atom. The van der Waals surface area contributed by atoms with Crippen LogP contribution in [-0.4, -0.2) is 143 Å². The largest absolute Gasteiger partial charge is 0.594 e. The molecule has 0 fully saturated rings. The maximum absolute atomic E-state index is 12.0. The molecule has 8 aromatic carbocycles. The number of nitro groups is 2. The number of aromatic nitrogens is 9. The highest BCUT2D eigenvalue weighted by Gasteiger charge is 2.26. The summed E-state index contributed by atoms with van der Waals surface area (Å²) in [6, 6.07) is 36.0. The van der Waals surface area contributed by atoms with E-state index in [1.165, 1.54) is 37.1 Å². The van der Waals surface area contributed by atoms with Crippen molar-refractivity contribution < 1.29 is 76.7 Å². The van der Waals surface area contributed by atoms with Crippen LogP contribution in [0.1, 0.15) is 75.6 Å². The molecule has 3 aromatic heterocycles. The molecule has 35 nitrogen and oxygen atoms in total. The number of nitrogens with zero attached hydrogens (tertiary/aromatic N) is 12. The number of rotatable bonds is 9. The predicted molar refractivity (Wildman–Crippen MR) is 414 cm³/mol. The number of anilines is 5. The van der Waals surface area contributed by atoms with Crippen molar-refractivity contribution in [3.05, 3.63) is 213 Å². The highest BCUT2D eigenvalue weighted by atomic mass is 35.5. The first-order valence-corrected chi connectivity index (χ1v) is 36.2. The number of para-hydroxylation sites is 1. The van der Waals surface area contributed by atoms with E-state index in [4.69, 9.17) is 61.0 Å². The van der Waals surface area contributed by atoms with E-state index in [-0.39, 0.29) is 51.6 Å². The fraction of sp³-hybridized carbons (Fsp3) is 0.299. The number of carbonyl (C=O) groups is 3. The number of halogens is 1. The lowest BCUT2D eigenvalue weighted by Gasteiger charge is -2.10. The van der Waals surface area contributed by atoms with E-state index in [2.05, 4.69) is 52.3 Å². The van der Waals surface area contributed by atoms with Crippen molar-refractivity contribution in [3.8, 4) is 46.0 Å². The Bertz CT molecular complexity index is 5350. The van der Waals surface area contributed by atoms with Crippen LogP contribution in [0.5, 0.6) is 46.0 Å². The monoisotopic (exact) mass is 1560 g/mol. The number of nitro benzene ring substituents is 2. The summed E-state index contributed by atoms with van der Waals surface area (Å²) in [6.45, 7) is 11.3. The first-order chi connectivity index (χ1) is 54.4. The van der Waals surface area contributed by atoms with Gasteiger partial charge in [-0.3, -0.25) is 34.6 Å². The van der Waals surface area contributed by atoms with Gasteiger partial charge in [0.25, 0.3) is 45.1 Å². The minimum atomic E-state index is -0.534. The van der Waals surface area contributed by atoms with Gasteiger partial charge >= 0.3 is 0 Å². The molecule has 11 heterocycles. The zero-order valence-electron chi connectivity index (χ0n) is 62.0. The summed E-state index contributed by atoms with van der Waals surface area (Å²) in [6.07, 6.45) is 6.96. The number of benzene rings is 8. The quantitative estimate of drug-likeness (QED) is 0.0226. The lowest BCUT2D eigenvalue weighted by Crippen LogP contribution is -2.34. The second-order valence-electron chi connectivity index (χ2n) is 26.5. The number of nitrogens with two attached hydrogens (primary N) is 2. The number of fused-ring (bicyclic) bond motifs is 11. The number of nitrogens with one attached hydrogen (secondary N) is 3.